The molecule has 3 aromatic carbocycles. The molecular formula is C33H34N2O3. The van der Waals surface area contributed by atoms with E-state index in [1.165, 1.54) is 11.1 Å². The third-order valence-electron chi connectivity index (χ3n) is 7.77. The predicted molar refractivity (Wildman–Crippen MR) is 150 cm³/mol. The number of anilines is 2. The van der Waals surface area contributed by atoms with Gasteiger partial charge in [0.2, 0.25) is 5.91 Å². The third kappa shape index (κ3) is 4.62. The number of ketones is 1. The van der Waals surface area contributed by atoms with Crippen LogP contribution in [0.2, 0.25) is 0 Å². The predicted octanol–water partition coefficient (Wildman–Crippen LogP) is 7.09. The number of hydrogen-bond donors (Lipinski definition) is 1. The van der Waals surface area contributed by atoms with Gasteiger partial charge in [0.05, 0.1) is 23.5 Å². The van der Waals surface area contributed by atoms with Gasteiger partial charge in [0.15, 0.2) is 5.78 Å². The fourth-order valence-corrected chi connectivity index (χ4v) is 5.75. The summed E-state index contributed by atoms with van der Waals surface area (Å²) in [5, 5.41) is 3.62. The fourth-order valence-electron chi connectivity index (χ4n) is 5.75. The second-order valence-corrected chi connectivity index (χ2v) is 11.1. The number of carbonyl (C=O) groups excluding carboxylic acids is 2. The number of ether oxygens (including phenoxy) is 1. The van der Waals surface area contributed by atoms with E-state index in [9.17, 15) is 9.59 Å². The van der Waals surface area contributed by atoms with Crippen molar-refractivity contribution in [2.75, 3.05) is 10.2 Å². The van der Waals surface area contributed by atoms with Crippen LogP contribution in [0.3, 0.4) is 0 Å². The number of rotatable bonds is 5. The lowest BCUT2D eigenvalue weighted by molar-refractivity contribution is -0.120. The number of Topliss-reactive ketones (excluding diaryl/α,β-unsaturated/α-hetero) is 1. The third-order valence-corrected chi connectivity index (χ3v) is 7.77. The van der Waals surface area contributed by atoms with E-state index in [4.69, 9.17) is 4.74 Å². The molecule has 0 spiro atoms. The second-order valence-electron chi connectivity index (χ2n) is 11.1. The molecule has 1 amide bonds. The second kappa shape index (κ2) is 9.79. The summed E-state index contributed by atoms with van der Waals surface area (Å²) in [6.07, 6.45) is 3.00. The van der Waals surface area contributed by atoms with E-state index in [1.54, 1.807) is 0 Å². The number of para-hydroxylation sites is 2. The largest absolute Gasteiger partial charge is 0.491 e. The van der Waals surface area contributed by atoms with E-state index in [2.05, 4.69) is 36.5 Å². The minimum atomic E-state index is -0.492. The molecule has 2 aliphatic carbocycles. The number of allylic oxidation sites excluding steroid dienone is 1. The SMILES string of the molecule is Cc1ccc(C2CC(=O)C3=C(C2)Nc2ccccc2N(C(=O)C2CC2)C3c2ccc(OC(C)C)cc2)cc1. The summed E-state index contributed by atoms with van der Waals surface area (Å²) in [6.45, 7) is 6.08. The molecule has 1 aliphatic heterocycles. The summed E-state index contributed by atoms with van der Waals surface area (Å²) >= 11 is 0. The van der Waals surface area contributed by atoms with E-state index < -0.39 is 6.04 Å². The van der Waals surface area contributed by atoms with E-state index in [-0.39, 0.29) is 29.6 Å². The Morgan fingerprint density at radius 3 is 2.29 bits per heavy atom. The molecule has 194 valence electrons. The van der Waals surface area contributed by atoms with Gasteiger partial charge in [-0.25, -0.2) is 0 Å². The van der Waals surface area contributed by atoms with E-state index in [0.717, 1.165) is 47.6 Å². The smallest absolute Gasteiger partial charge is 0.231 e. The highest BCUT2D eigenvalue weighted by Gasteiger charge is 2.45. The van der Waals surface area contributed by atoms with Gasteiger partial charge < -0.3 is 10.1 Å². The molecule has 5 heteroatoms. The zero-order chi connectivity index (χ0) is 26.4. The van der Waals surface area contributed by atoms with E-state index in [1.807, 2.05) is 67.3 Å². The summed E-state index contributed by atoms with van der Waals surface area (Å²) in [7, 11) is 0. The number of nitrogens with zero attached hydrogens (tertiary/aromatic N) is 1. The highest BCUT2D eigenvalue weighted by Crippen LogP contribution is 2.49. The summed E-state index contributed by atoms with van der Waals surface area (Å²) < 4.78 is 5.89. The molecule has 0 aromatic heterocycles. The Hall–Kier alpha value is -3.86. The van der Waals surface area contributed by atoms with Crippen LogP contribution in [0, 0.1) is 12.8 Å². The number of amides is 1. The van der Waals surface area contributed by atoms with Crippen LogP contribution in [0.15, 0.2) is 84.1 Å². The van der Waals surface area contributed by atoms with Crippen molar-refractivity contribution in [3.63, 3.8) is 0 Å². The number of fused-ring (bicyclic) bond motifs is 1. The maximum atomic E-state index is 14.1. The molecule has 38 heavy (non-hydrogen) atoms. The average molecular weight is 507 g/mol. The van der Waals surface area contributed by atoms with Crippen molar-refractivity contribution in [2.24, 2.45) is 5.92 Å². The van der Waals surface area contributed by atoms with Gasteiger partial charge in [-0.2, -0.15) is 0 Å². The van der Waals surface area contributed by atoms with Gasteiger partial charge >= 0.3 is 0 Å². The van der Waals surface area contributed by atoms with Crippen LogP contribution in [0.25, 0.3) is 0 Å². The molecule has 3 aromatic rings. The molecule has 5 nitrogen and oxygen atoms in total. The molecule has 1 N–H and O–H groups in total. The van der Waals surface area contributed by atoms with Gasteiger partial charge in [-0.05, 0) is 81.3 Å². The van der Waals surface area contributed by atoms with Gasteiger partial charge in [0.1, 0.15) is 5.75 Å². The van der Waals surface area contributed by atoms with Crippen molar-refractivity contribution >= 4 is 23.1 Å². The van der Waals surface area contributed by atoms with Gasteiger partial charge in [-0.15, -0.1) is 0 Å². The first-order valence-corrected chi connectivity index (χ1v) is 13.7. The van der Waals surface area contributed by atoms with Crippen molar-refractivity contribution in [3.8, 4) is 5.75 Å². The van der Waals surface area contributed by atoms with Crippen LogP contribution >= 0.6 is 0 Å². The average Bonchev–Trinajstić information content (AvgIpc) is 3.75. The van der Waals surface area contributed by atoms with Gasteiger partial charge in [0, 0.05) is 23.6 Å². The van der Waals surface area contributed by atoms with Gasteiger partial charge in [-0.3, -0.25) is 14.5 Å². The molecular weight excluding hydrogens is 472 g/mol. The van der Waals surface area contributed by atoms with Gasteiger partial charge in [-0.1, -0.05) is 54.1 Å². The zero-order valence-corrected chi connectivity index (χ0v) is 22.2. The maximum absolute atomic E-state index is 14.1. The highest BCUT2D eigenvalue weighted by molar-refractivity contribution is 6.07. The van der Waals surface area contributed by atoms with Crippen LogP contribution < -0.4 is 15.0 Å². The fraction of sp³-hybridized carbons (Fsp3) is 0.333. The van der Waals surface area contributed by atoms with Crippen LogP contribution in [0.5, 0.6) is 5.75 Å². The first-order valence-electron chi connectivity index (χ1n) is 13.7. The van der Waals surface area contributed by atoms with Crippen LogP contribution in [0.4, 0.5) is 11.4 Å². The summed E-state index contributed by atoms with van der Waals surface area (Å²) in [5.41, 5.74) is 6.61. The lowest BCUT2D eigenvalue weighted by Crippen LogP contribution is -2.39. The quantitative estimate of drug-likeness (QED) is 0.401. The summed E-state index contributed by atoms with van der Waals surface area (Å²) in [4.78, 5) is 29.9. The Balaban J connectivity index is 1.49. The topological polar surface area (TPSA) is 58.6 Å². The molecule has 6 rings (SSSR count). The first kappa shape index (κ1) is 24.5. The summed E-state index contributed by atoms with van der Waals surface area (Å²) in [5.74, 6) is 1.07. The lowest BCUT2D eigenvalue weighted by atomic mass is 9.78. The van der Waals surface area contributed by atoms with E-state index in [0.29, 0.717) is 12.0 Å². The van der Waals surface area contributed by atoms with E-state index >= 15 is 0 Å². The number of hydrogen-bond acceptors (Lipinski definition) is 4. The summed E-state index contributed by atoms with van der Waals surface area (Å²) in [6, 6.07) is 23.9. The molecule has 2 unspecified atom stereocenters. The molecule has 1 saturated carbocycles. The standard InChI is InChI=1S/C33H34N2O3/c1-20(2)38-26-16-14-23(15-17-26)32-31-28(18-25(19-30(31)36)22-10-8-21(3)9-11-22)34-27-6-4-5-7-29(27)35(32)33(37)24-12-13-24/h4-11,14-17,20,24-25,32,34H,12-13,18-19H2,1-3H3. The Bertz CT molecular complexity index is 1400. The monoisotopic (exact) mass is 506 g/mol. The molecule has 1 fully saturated rings. The number of carbonyl (C=O) groups is 2. The number of aryl methyl sites for hydroxylation is 1. The normalized spacial score (nSPS) is 20.9. The van der Waals surface area contributed by atoms with Crippen LogP contribution in [-0.2, 0) is 9.59 Å². The Labute approximate surface area is 224 Å². The molecule has 2 atom stereocenters. The van der Waals surface area contributed by atoms with Crippen LogP contribution in [-0.4, -0.2) is 17.8 Å². The molecule has 0 bridgehead atoms. The molecule has 0 saturated heterocycles. The maximum Gasteiger partial charge on any atom is 0.231 e. The minimum Gasteiger partial charge on any atom is -0.491 e. The molecule has 1 heterocycles. The van der Waals surface area contributed by atoms with Crippen molar-refractivity contribution in [2.45, 2.75) is 64.5 Å². The number of nitrogens with one attached hydrogen (secondary N) is 1. The lowest BCUT2D eigenvalue weighted by Gasteiger charge is -2.35. The van der Waals surface area contributed by atoms with Crippen molar-refractivity contribution in [3.05, 3.63) is 101 Å². The van der Waals surface area contributed by atoms with Crippen molar-refractivity contribution in [1.29, 1.82) is 0 Å². The zero-order valence-electron chi connectivity index (χ0n) is 22.2. The first-order chi connectivity index (χ1) is 18.4. The van der Waals surface area contributed by atoms with Crippen molar-refractivity contribution < 1.29 is 14.3 Å². The van der Waals surface area contributed by atoms with Crippen molar-refractivity contribution in [1.82, 2.24) is 0 Å². The van der Waals surface area contributed by atoms with Crippen LogP contribution in [0.1, 0.15) is 68.2 Å². The Morgan fingerprint density at radius 1 is 0.921 bits per heavy atom. The molecule has 0 radical (unpaired) electrons. The number of benzene rings is 3. The Kier molecular flexibility index (Phi) is 6.30. The minimum absolute atomic E-state index is 0.00949. The highest BCUT2D eigenvalue weighted by atomic mass is 16.5. The van der Waals surface area contributed by atoms with Gasteiger partial charge in [0.25, 0.3) is 0 Å². The Morgan fingerprint density at radius 2 is 1.61 bits per heavy atom. The molecule has 3 aliphatic rings.